The molecule has 4 rings (SSSR count). The van der Waals surface area contributed by atoms with Gasteiger partial charge < -0.3 is 10.6 Å². The molecule has 1 amide bonds. The molecular formula is C18H18N4OS. The Kier molecular flexibility index (Phi) is 3.90. The summed E-state index contributed by atoms with van der Waals surface area (Å²) in [6.45, 7) is 1.85. The third-order valence-electron chi connectivity index (χ3n) is 4.28. The van der Waals surface area contributed by atoms with E-state index in [9.17, 15) is 4.79 Å². The molecule has 1 aliphatic rings. The second-order valence-electron chi connectivity index (χ2n) is 6.00. The highest BCUT2D eigenvalue weighted by Crippen LogP contribution is 2.33. The van der Waals surface area contributed by atoms with Gasteiger partial charge in [0.1, 0.15) is 5.69 Å². The van der Waals surface area contributed by atoms with Crippen LogP contribution in [-0.4, -0.2) is 29.0 Å². The molecule has 3 aromatic rings. The Labute approximate surface area is 144 Å². The van der Waals surface area contributed by atoms with Crippen molar-refractivity contribution in [2.75, 3.05) is 18.0 Å². The zero-order chi connectivity index (χ0) is 16.5. The van der Waals surface area contributed by atoms with Crippen molar-refractivity contribution < 1.29 is 4.79 Å². The molecule has 0 aliphatic carbocycles. The topological polar surface area (TPSA) is 72.1 Å². The van der Waals surface area contributed by atoms with Crippen LogP contribution in [0.15, 0.2) is 36.4 Å². The number of anilines is 1. The lowest BCUT2D eigenvalue weighted by atomic mass is 10.1. The second kappa shape index (κ2) is 6.20. The summed E-state index contributed by atoms with van der Waals surface area (Å²) in [5.41, 5.74) is 6.53. The number of hydrogen-bond donors (Lipinski definition) is 1. The minimum atomic E-state index is -0.516. The van der Waals surface area contributed by atoms with E-state index in [4.69, 9.17) is 10.7 Å². The Morgan fingerprint density at radius 2 is 1.88 bits per heavy atom. The Morgan fingerprint density at radius 3 is 2.62 bits per heavy atom. The molecule has 5 nitrogen and oxygen atoms in total. The Bertz CT molecular complexity index is 866. The van der Waals surface area contributed by atoms with Gasteiger partial charge in [-0.2, -0.15) is 0 Å². The molecule has 1 fully saturated rings. The van der Waals surface area contributed by atoms with Crippen molar-refractivity contribution in [2.24, 2.45) is 5.73 Å². The number of nitrogens with two attached hydrogens (primary N) is 1. The van der Waals surface area contributed by atoms with Gasteiger partial charge in [-0.15, -0.1) is 11.3 Å². The molecule has 0 spiro atoms. The number of fused-ring (bicyclic) bond motifs is 1. The van der Waals surface area contributed by atoms with Crippen molar-refractivity contribution in [3.05, 3.63) is 42.1 Å². The van der Waals surface area contributed by atoms with Crippen LogP contribution in [0.25, 0.3) is 20.7 Å². The van der Waals surface area contributed by atoms with Crippen LogP contribution < -0.4 is 10.6 Å². The van der Waals surface area contributed by atoms with Crippen molar-refractivity contribution in [3.63, 3.8) is 0 Å². The average molecular weight is 338 g/mol. The monoisotopic (exact) mass is 338 g/mol. The third kappa shape index (κ3) is 2.85. The molecule has 0 saturated carbocycles. The van der Waals surface area contributed by atoms with Crippen LogP contribution in [0.3, 0.4) is 0 Å². The number of rotatable bonds is 3. The van der Waals surface area contributed by atoms with Crippen molar-refractivity contribution in [3.8, 4) is 10.6 Å². The minimum Gasteiger partial charge on any atom is -0.364 e. The van der Waals surface area contributed by atoms with Crippen LogP contribution in [-0.2, 0) is 0 Å². The number of hydrogen-bond acceptors (Lipinski definition) is 5. The molecule has 1 saturated heterocycles. The summed E-state index contributed by atoms with van der Waals surface area (Å²) in [6.07, 6.45) is 3.49. The molecule has 1 aliphatic heterocycles. The van der Waals surface area contributed by atoms with E-state index in [0.29, 0.717) is 5.95 Å². The fraction of sp³-hybridized carbons (Fsp3) is 0.278. The number of nitrogens with zero attached hydrogens (tertiary/aromatic N) is 3. The van der Waals surface area contributed by atoms with E-state index in [-0.39, 0.29) is 5.69 Å². The summed E-state index contributed by atoms with van der Waals surface area (Å²) in [4.78, 5) is 24.0. The van der Waals surface area contributed by atoms with Gasteiger partial charge in [-0.05, 0) is 42.8 Å². The van der Waals surface area contributed by atoms with Gasteiger partial charge in [0.05, 0.1) is 10.6 Å². The first-order chi connectivity index (χ1) is 11.7. The number of thiophene rings is 1. The van der Waals surface area contributed by atoms with Gasteiger partial charge in [0.25, 0.3) is 5.91 Å². The largest absolute Gasteiger partial charge is 0.364 e. The first-order valence-corrected chi connectivity index (χ1v) is 8.95. The van der Waals surface area contributed by atoms with Crippen LogP contribution in [0.4, 0.5) is 5.95 Å². The molecule has 6 heteroatoms. The van der Waals surface area contributed by atoms with Gasteiger partial charge in [0, 0.05) is 17.8 Å². The van der Waals surface area contributed by atoms with E-state index in [1.165, 1.54) is 16.5 Å². The summed E-state index contributed by atoms with van der Waals surface area (Å²) < 4.78 is 1.20. The maximum Gasteiger partial charge on any atom is 0.267 e. The quantitative estimate of drug-likeness (QED) is 0.794. The van der Waals surface area contributed by atoms with Crippen molar-refractivity contribution >= 4 is 33.3 Å². The van der Waals surface area contributed by atoms with Crippen molar-refractivity contribution in [2.45, 2.75) is 19.3 Å². The molecule has 0 bridgehead atoms. The van der Waals surface area contributed by atoms with Crippen LogP contribution in [0, 0.1) is 0 Å². The first-order valence-electron chi connectivity index (χ1n) is 8.13. The summed E-state index contributed by atoms with van der Waals surface area (Å²) in [5, 5.41) is 1.18. The third-order valence-corrected chi connectivity index (χ3v) is 5.42. The fourth-order valence-electron chi connectivity index (χ4n) is 3.03. The highest BCUT2D eigenvalue weighted by atomic mass is 32.1. The molecule has 122 valence electrons. The normalized spacial score (nSPS) is 14.9. The SMILES string of the molecule is NC(=O)c1cc(-c2cc3ccccc3s2)nc(N2CCCCC2)n1. The van der Waals surface area contributed by atoms with Gasteiger partial charge in [-0.25, -0.2) is 9.97 Å². The molecule has 2 aromatic heterocycles. The zero-order valence-electron chi connectivity index (χ0n) is 13.2. The first kappa shape index (κ1) is 15.1. The van der Waals surface area contributed by atoms with Gasteiger partial charge in [0.15, 0.2) is 0 Å². The smallest absolute Gasteiger partial charge is 0.267 e. The molecular weight excluding hydrogens is 320 g/mol. The van der Waals surface area contributed by atoms with Crippen molar-refractivity contribution in [1.29, 1.82) is 0 Å². The number of piperidine rings is 1. The summed E-state index contributed by atoms with van der Waals surface area (Å²) in [7, 11) is 0. The maximum atomic E-state index is 11.7. The standard InChI is InChI=1S/C18H18N4OS/c19-17(23)14-11-13(16-10-12-6-2-3-7-15(12)24-16)20-18(21-14)22-8-4-1-5-9-22/h2-3,6-7,10-11H,1,4-5,8-9H2,(H2,19,23). The Morgan fingerprint density at radius 1 is 1.08 bits per heavy atom. The highest BCUT2D eigenvalue weighted by Gasteiger charge is 2.18. The molecule has 3 heterocycles. The number of carbonyl (C=O) groups is 1. The van der Waals surface area contributed by atoms with Gasteiger partial charge in [-0.3, -0.25) is 4.79 Å². The predicted molar refractivity (Wildman–Crippen MR) is 97.4 cm³/mol. The number of benzene rings is 1. The highest BCUT2D eigenvalue weighted by molar-refractivity contribution is 7.22. The van der Waals surface area contributed by atoms with Crippen LogP contribution in [0.5, 0.6) is 0 Å². The van der Waals surface area contributed by atoms with E-state index in [2.05, 4.69) is 28.1 Å². The van der Waals surface area contributed by atoms with E-state index in [0.717, 1.165) is 36.5 Å². The lowest BCUT2D eigenvalue weighted by Gasteiger charge is -2.27. The molecule has 1 aromatic carbocycles. The van der Waals surface area contributed by atoms with Crippen LogP contribution in [0.2, 0.25) is 0 Å². The van der Waals surface area contributed by atoms with Gasteiger partial charge in [-0.1, -0.05) is 18.2 Å². The Balaban J connectivity index is 1.81. The number of primary amides is 1. The van der Waals surface area contributed by atoms with Crippen LogP contribution in [0.1, 0.15) is 29.8 Å². The van der Waals surface area contributed by atoms with E-state index in [1.807, 2.05) is 12.1 Å². The summed E-state index contributed by atoms with van der Waals surface area (Å²) >= 11 is 1.67. The second-order valence-corrected chi connectivity index (χ2v) is 7.08. The number of amides is 1. The molecule has 0 radical (unpaired) electrons. The van der Waals surface area contributed by atoms with Gasteiger partial charge >= 0.3 is 0 Å². The van der Waals surface area contributed by atoms with Gasteiger partial charge in [0.2, 0.25) is 5.95 Å². The lowest BCUT2D eigenvalue weighted by Crippen LogP contribution is -2.31. The van der Waals surface area contributed by atoms with Crippen molar-refractivity contribution in [1.82, 2.24) is 9.97 Å². The lowest BCUT2D eigenvalue weighted by molar-refractivity contribution is 0.0995. The average Bonchev–Trinajstić information content (AvgIpc) is 3.06. The predicted octanol–water partition coefficient (Wildman–Crippen LogP) is 3.45. The Hall–Kier alpha value is -2.47. The zero-order valence-corrected chi connectivity index (χ0v) is 14.1. The fourth-order valence-corrected chi connectivity index (χ4v) is 4.05. The van der Waals surface area contributed by atoms with E-state index >= 15 is 0 Å². The number of carbonyl (C=O) groups excluding carboxylic acids is 1. The summed E-state index contributed by atoms with van der Waals surface area (Å²) in [5.74, 6) is 0.0940. The van der Waals surface area contributed by atoms with E-state index < -0.39 is 5.91 Å². The molecule has 0 unspecified atom stereocenters. The minimum absolute atomic E-state index is 0.276. The maximum absolute atomic E-state index is 11.7. The molecule has 24 heavy (non-hydrogen) atoms. The summed E-state index contributed by atoms with van der Waals surface area (Å²) in [6, 6.07) is 12.0. The molecule has 0 atom stereocenters. The number of aromatic nitrogens is 2. The molecule has 2 N–H and O–H groups in total. The van der Waals surface area contributed by atoms with Crippen LogP contribution >= 0.6 is 11.3 Å². The van der Waals surface area contributed by atoms with E-state index in [1.54, 1.807) is 17.4 Å².